The van der Waals surface area contributed by atoms with Gasteiger partial charge < -0.3 is 10.6 Å². The van der Waals surface area contributed by atoms with E-state index in [2.05, 4.69) is 24.5 Å². The third-order valence-electron chi connectivity index (χ3n) is 3.10. The third-order valence-corrected chi connectivity index (χ3v) is 3.10. The Morgan fingerprint density at radius 1 is 1.33 bits per heavy atom. The Kier molecular flexibility index (Phi) is 11.1. The molecule has 1 amide bonds. The molecule has 1 saturated heterocycles. The number of carbonyl (C=O) groups excluding carboxylic acids is 1. The normalized spacial score (nSPS) is 20.9. The molecule has 1 fully saturated rings. The number of hydrogen-bond acceptors (Lipinski definition) is 3. The number of nitrogens with one attached hydrogen (secondary N) is 2. The van der Waals surface area contributed by atoms with Gasteiger partial charge in [0.2, 0.25) is 5.91 Å². The molecule has 0 aromatic carbocycles. The molecule has 0 aliphatic carbocycles. The van der Waals surface area contributed by atoms with E-state index in [-0.39, 0.29) is 36.8 Å². The molecule has 0 spiro atoms. The minimum Gasteiger partial charge on any atom is -0.351 e. The van der Waals surface area contributed by atoms with Gasteiger partial charge >= 0.3 is 0 Å². The van der Waals surface area contributed by atoms with Crippen LogP contribution in [-0.2, 0) is 4.79 Å². The molecule has 2 unspecified atom stereocenters. The molecule has 1 heterocycles. The summed E-state index contributed by atoms with van der Waals surface area (Å²) in [4.78, 5) is 14.1. The van der Waals surface area contributed by atoms with Crippen LogP contribution in [0.1, 0.15) is 26.7 Å². The van der Waals surface area contributed by atoms with Crippen molar-refractivity contribution in [1.29, 1.82) is 0 Å². The highest BCUT2D eigenvalue weighted by Gasteiger charge is 2.26. The predicted molar refractivity (Wildman–Crippen MR) is 80.8 cm³/mol. The lowest BCUT2D eigenvalue weighted by atomic mass is 10.0. The number of carbonyl (C=O) groups is 1. The second kappa shape index (κ2) is 9.84. The monoisotopic (exact) mass is 299 g/mol. The van der Waals surface area contributed by atoms with Crippen molar-refractivity contribution in [2.24, 2.45) is 5.92 Å². The first-order valence-electron chi connectivity index (χ1n) is 6.20. The van der Waals surface area contributed by atoms with Crippen LogP contribution in [-0.4, -0.2) is 50.1 Å². The number of rotatable bonds is 4. The topological polar surface area (TPSA) is 44.4 Å². The van der Waals surface area contributed by atoms with E-state index in [1.165, 1.54) is 0 Å². The molecule has 0 saturated carbocycles. The summed E-state index contributed by atoms with van der Waals surface area (Å²) >= 11 is 0. The highest BCUT2D eigenvalue weighted by atomic mass is 35.5. The zero-order valence-electron chi connectivity index (χ0n) is 11.7. The van der Waals surface area contributed by atoms with Gasteiger partial charge in [-0.15, -0.1) is 24.8 Å². The summed E-state index contributed by atoms with van der Waals surface area (Å²) in [7, 11) is 3.92. The van der Waals surface area contributed by atoms with Gasteiger partial charge in [0.05, 0.1) is 6.04 Å². The average molecular weight is 300 g/mol. The van der Waals surface area contributed by atoms with E-state index < -0.39 is 0 Å². The van der Waals surface area contributed by atoms with Gasteiger partial charge in [0.15, 0.2) is 0 Å². The maximum absolute atomic E-state index is 12.1. The van der Waals surface area contributed by atoms with Gasteiger partial charge in [-0.2, -0.15) is 0 Å². The van der Waals surface area contributed by atoms with Crippen molar-refractivity contribution in [3.05, 3.63) is 0 Å². The first kappa shape index (κ1) is 20.3. The van der Waals surface area contributed by atoms with Crippen LogP contribution in [0.3, 0.4) is 0 Å². The molecule has 4 nitrogen and oxygen atoms in total. The molecule has 1 aliphatic heterocycles. The summed E-state index contributed by atoms with van der Waals surface area (Å²) in [6, 6.07) is 0.282. The first-order chi connectivity index (χ1) is 7.52. The summed E-state index contributed by atoms with van der Waals surface area (Å²) in [6.45, 7) is 6.16. The van der Waals surface area contributed by atoms with Crippen molar-refractivity contribution in [2.45, 2.75) is 38.8 Å². The SMILES string of the molecule is CC(C)C(C(=O)NC1CCCNC1)N(C)C.Cl.Cl. The first-order valence-corrected chi connectivity index (χ1v) is 6.20. The van der Waals surface area contributed by atoms with E-state index in [0.717, 1.165) is 25.9 Å². The fraction of sp³-hybridized carbons (Fsp3) is 0.917. The van der Waals surface area contributed by atoms with E-state index >= 15 is 0 Å². The second-order valence-corrected chi connectivity index (χ2v) is 5.20. The molecule has 0 bridgehead atoms. The Morgan fingerprint density at radius 3 is 2.33 bits per heavy atom. The van der Waals surface area contributed by atoms with Crippen molar-refractivity contribution in [2.75, 3.05) is 27.2 Å². The maximum atomic E-state index is 12.1. The van der Waals surface area contributed by atoms with Crippen LogP contribution in [0.2, 0.25) is 0 Å². The standard InChI is InChI=1S/C12H25N3O.2ClH/c1-9(2)11(15(3)4)12(16)14-10-6-5-7-13-8-10;;/h9-11,13H,5-8H2,1-4H3,(H,14,16);2*1H. The largest absolute Gasteiger partial charge is 0.351 e. The van der Waals surface area contributed by atoms with Crippen LogP contribution in [0.4, 0.5) is 0 Å². The molecule has 2 N–H and O–H groups in total. The summed E-state index contributed by atoms with van der Waals surface area (Å²) in [5.74, 6) is 0.500. The van der Waals surface area contributed by atoms with Crippen LogP contribution < -0.4 is 10.6 Å². The quantitative estimate of drug-likeness (QED) is 0.822. The Hall–Kier alpha value is -0.0300. The molecule has 1 aliphatic rings. The molecule has 6 heteroatoms. The molecular weight excluding hydrogens is 273 g/mol. The predicted octanol–water partition coefficient (Wildman–Crippen LogP) is 1.28. The van der Waals surface area contributed by atoms with Crippen LogP contribution >= 0.6 is 24.8 Å². The highest BCUT2D eigenvalue weighted by Crippen LogP contribution is 2.09. The molecule has 0 aromatic heterocycles. The average Bonchev–Trinajstić information content (AvgIpc) is 2.17. The molecular formula is C12H27Cl2N3O. The van der Waals surface area contributed by atoms with Gasteiger partial charge in [0.1, 0.15) is 0 Å². The summed E-state index contributed by atoms with van der Waals surface area (Å²) in [6.07, 6.45) is 2.25. The number of likely N-dealkylation sites (N-methyl/N-ethyl adjacent to an activating group) is 1. The molecule has 0 aromatic rings. The van der Waals surface area contributed by atoms with E-state index in [9.17, 15) is 4.79 Å². The number of nitrogens with zero attached hydrogens (tertiary/aromatic N) is 1. The zero-order valence-corrected chi connectivity index (χ0v) is 13.4. The van der Waals surface area contributed by atoms with E-state index in [1.54, 1.807) is 0 Å². The van der Waals surface area contributed by atoms with Crippen molar-refractivity contribution < 1.29 is 4.79 Å². The Bertz CT molecular complexity index is 223. The summed E-state index contributed by atoms with van der Waals surface area (Å²) < 4.78 is 0. The van der Waals surface area contributed by atoms with E-state index in [0.29, 0.717) is 12.0 Å². The second-order valence-electron chi connectivity index (χ2n) is 5.20. The number of halogens is 2. The van der Waals surface area contributed by atoms with Gasteiger partial charge in [-0.05, 0) is 39.4 Å². The number of hydrogen-bond donors (Lipinski definition) is 2. The Balaban J connectivity index is 0. The van der Waals surface area contributed by atoms with Crippen LogP contribution in [0.25, 0.3) is 0 Å². The molecule has 0 radical (unpaired) electrons. The smallest absolute Gasteiger partial charge is 0.237 e. The fourth-order valence-electron chi connectivity index (χ4n) is 2.40. The fourth-order valence-corrected chi connectivity index (χ4v) is 2.40. The van der Waals surface area contributed by atoms with E-state index in [1.807, 2.05) is 19.0 Å². The molecule has 110 valence electrons. The maximum Gasteiger partial charge on any atom is 0.237 e. The lowest BCUT2D eigenvalue weighted by Gasteiger charge is -2.30. The molecule has 18 heavy (non-hydrogen) atoms. The van der Waals surface area contributed by atoms with Crippen LogP contribution in [0, 0.1) is 5.92 Å². The Labute approximate surface area is 123 Å². The van der Waals surface area contributed by atoms with Crippen molar-refractivity contribution >= 4 is 30.7 Å². The molecule has 1 rings (SSSR count). The molecule has 2 atom stereocenters. The van der Waals surface area contributed by atoms with Crippen molar-refractivity contribution in [1.82, 2.24) is 15.5 Å². The Morgan fingerprint density at radius 2 is 1.94 bits per heavy atom. The van der Waals surface area contributed by atoms with Crippen molar-refractivity contribution in [3.8, 4) is 0 Å². The number of piperidine rings is 1. The van der Waals surface area contributed by atoms with Gasteiger partial charge in [-0.1, -0.05) is 13.8 Å². The minimum atomic E-state index is -0.0260. The van der Waals surface area contributed by atoms with Crippen LogP contribution in [0.5, 0.6) is 0 Å². The zero-order chi connectivity index (χ0) is 12.1. The highest BCUT2D eigenvalue weighted by molar-refractivity contribution is 5.85. The van der Waals surface area contributed by atoms with Gasteiger partial charge in [0, 0.05) is 12.6 Å². The van der Waals surface area contributed by atoms with Crippen LogP contribution in [0.15, 0.2) is 0 Å². The van der Waals surface area contributed by atoms with Crippen molar-refractivity contribution in [3.63, 3.8) is 0 Å². The van der Waals surface area contributed by atoms with Gasteiger partial charge in [-0.3, -0.25) is 9.69 Å². The third kappa shape index (κ3) is 6.23. The van der Waals surface area contributed by atoms with E-state index in [4.69, 9.17) is 0 Å². The summed E-state index contributed by atoms with van der Waals surface area (Å²) in [5.41, 5.74) is 0. The lowest BCUT2D eigenvalue weighted by molar-refractivity contribution is -0.127. The lowest BCUT2D eigenvalue weighted by Crippen LogP contribution is -2.53. The minimum absolute atomic E-state index is 0. The number of amides is 1. The van der Waals surface area contributed by atoms with Gasteiger partial charge in [0.25, 0.3) is 0 Å². The van der Waals surface area contributed by atoms with Gasteiger partial charge in [-0.25, -0.2) is 0 Å². The summed E-state index contributed by atoms with van der Waals surface area (Å²) in [5, 5.41) is 6.45.